The van der Waals surface area contributed by atoms with Crippen molar-refractivity contribution in [3.05, 3.63) is 99.8 Å². The molecule has 0 aliphatic rings. The summed E-state index contributed by atoms with van der Waals surface area (Å²) in [5.41, 5.74) is 4.55. The number of benzene rings is 2. The van der Waals surface area contributed by atoms with Gasteiger partial charge in [0.1, 0.15) is 11.0 Å². The maximum Gasteiger partial charge on any atom is 0.290 e. The summed E-state index contributed by atoms with van der Waals surface area (Å²) in [5, 5.41) is 1.32. The van der Waals surface area contributed by atoms with Gasteiger partial charge in [-0.2, -0.15) is 0 Å². The zero-order valence-corrected chi connectivity index (χ0v) is 17.4. The Morgan fingerprint density at radius 3 is 2.57 bits per heavy atom. The van der Waals surface area contributed by atoms with Crippen molar-refractivity contribution >= 4 is 28.4 Å². The van der Waals surface area contributed by atoms with E-state index in [-0.39, 0.29) is 30.6 Å². The third-order valence-corrected chi connectivity index (χ3v) is 5.27. The van der Waals surface area contributed by atoms with Crippen LogP contribution in [0.1, 0.15) is 32.8 Å². The van der Waals surface area contributed by atoms with Crippen molar-refractivity contribution in [3.63, 3.8) is 0 Å². The highest BCUT2D eigenvalue weighted by Crippen LogP contribution is 2.26. The van der Waals surface area contributed by atoms with Gasteiger partial charge in [0.05, 0.1) is 11.8 Å². The quantitative estimate of drug-likeness (QED) is 0.366. The second kappa shape index (κ2) is 8.28. The number of nitrogens with zero attached hydrogens (tertiary/aromatic N) is 2. The van der Waals surface area contributed by atoms with Crippen LogP contribution in [-0.4, -0.2) is 15.8 Å². The number of fused-ring (bicyclic) bond motifs is 1. The van der Waals surface area contributed by atoms with E-state index in [1.807, 2.05) is 26.0 Å². The summed E-state index contributed by atoms with van der Waals surface area (Å²) < 4.78 is 18.6. The lowest BCUT2D eigenvalue weighted by atomic mass is 10.0. The number of hydrogen-bond donors (Lipinski definition) is 0. The Morgan fingerprint density at radius 1 is 1.10 bits per heavy atom. The van der Waals surface area contributed by atoms with E-state index in [2.05, 4.69) is 11.1 Å². The van der Waals surface area contributed by atoms with Crippen LogP contribution in [0, 0.1) is 19.7 Å². The van der Waals surface area contributed by atoms with Crippen molar-refractivity contribution in [2.45, 2.75) is 26.9 Å². The van der Waals surface area contributed by atoms with Crippen LogP contribution in [-0.2, 0) is 13.1 Å². The lowest BCUT2D eigenvalue weighted by molar-refractivity contribution is 0.0697. The molecule has 0 radical (unpaired) electrons. The van der Waals surface area contributed by atoms with E-state index in [0.717, 1.165) is 33.2 Å². The molecule has 0 N–H and O–H groups in total. The van der Waals surface area contributed by atoms with Gasteiger partial charge in [0.15, 0.2) is 5.76 Å². The molecular weight excluding hydrogens is 403 g/mol. The molecule has 0 bridgehead atoms. The molecule has 0 aliphatic heterocycles. The molecule has 0 fully saturated rings. The Bertz CT molecular complexity index is 1200. The summed E-state index contributed by atoms with van der Waals surface area (Å²) >= 11 is 6.49. The van der Waals surface area contributed by atoms with Gasteiger partial charge in [-0.05, 0) is 61.4 Å². The number of aromatic nitrogens is 1. The van der Waals surface area contributed by atoms with E-state index >= 15 is 0 Å². The first-order chi connectivity index (χ1) is 14.4. The summed E-state index contributed by atoms with van der Waals surface area (Å²) in [6, 6.07) is 15.4. The predicted molar refractivity (Wildman–Crippen MR) is 115 cm³/mol. The molecule has 0 unspecified atom stereocenters. The van der Waals surface area contributed by atoms with Crippen LogP contribution in [0.25, 0.3) is 10.9 Å². The molecular formula is C24H20ClFN2O2. The van der Waals surface area contributed by atoms with Crippen LogP contribution in [0.4, 0.5) is 4.39 Å². The molecule has 152 valence electrons. The maximum absolute atomic E-state index is 13.3. The first-order valence-corrected chi connectivity index (χ1v) is 9.92. The van der Waals surface area contributed by atoms with Crippen molar-refractivity contribution < 1.29 is 13.6 Å². The zero-order chi connectivity index (χ0) is 21.3. The lowest BCUT2D eigenvalue weighted by Gasteiger charge is -2.23. The molecule has 4 aromatic rings. The Hall–Kier alpha value is -3.18. The summed E-state index contributed by atoms with van der Waals surface area (Å²) in [4.78, 5) is 19.2. The van der Waals surface area contributed by atoms with E-state index < -0.39 is 0 Å². The SMILES string of the molecule is Cc1cc(C)c2nc(Cl)c(CN(Cc3ccc(F)cc3)C(=O)c3ccco3)cc2c1. The van der Waals surface area contributed by atoms with Crippen LogP contribution >= 0.6 is 11.6 Å². The largest absolute Gasteiger partial charge is 0.459 e. The van der Waals surface area contributed by atoms with Gasteiger partial charge in [-0.1, -0.05) is 35.4 Å². The van der Waals surface area contributed by atoms with Gasteiger partial charge in [-0.25, -0.2) is 9.37 Å². The number of amides is 1. The molecule has 0 aliphatic carbocycles. The number of furan rings is 1. The summed E-state index contributed by atoms with van der Waals surface area (Å²) in [5.74, 6) is -0.371. The van der Waals surface area contributed by atoms with Crippen LogP contribution in [0.15, 0.2) is 65.3 Å². The number of carbonyl (C=O) groups is 1. The molecule has 6 heteroatoms. The van der Waals surface area contributed by atoms with Gasteiger partial charge in [-0.3, -0.25) is 4.79 Å². The summed E-state index contributed by atoms with van der Waals surface area (Å²) in [6.07, 6.45) is 1.46. The second-order valence-corrected chi connectivity index (χ2v) is 7.71. The van der Waals surface area contributed by atoms with Crippen molar-refractivity contribution in [1.29, 1.82) is 0 Å². The van der Waals surface area contributed by atoms with E-state index in [0.29, 0.717) is 5.15 Å². The number of carbonyl (C=O) groups excluding carboxylic acids is 1. The van der Waals surface area contributed by atoms with E-state index in [1.165, 1.54) is 18.4 Å². The Balaban J connectivity index is 1.71. The molecule has 30 heavy (non-hydrogen) atoms. The highest BCUT2D eigenvalue weighted by molar-refractivity contribution is 6.30. The number of rotatable bonds is 5. The van der Waals surface area contributed by atoms with Crippen LogP contribution in [0.5, 0.6) is 0 Å². The van der Waals surface area contributed by atoms with Gasteiger partial charge in [0.25, 0.3) is 5.91 Å². The molecule has 4 rings (SSSR count). The summed E-state index contributed by atoms with van der Waals surface area (Å²) in [7, 11) is 0. The first kappa shape index (κ1) is 20.1. The number of halogens is 2. The highest BCUT2D eigenvalue weighted by atomic mass is 35.5. The average molecular weight is 423 g/mol. The summed E-state index contributed by atoms with van der Waals surface area (Å²) in [6.45, 7) is 4.55. The van der Waals surface area contributed by atoms with Crippen molar-refractivity contribution in [3.8, 4) is 0 Å². The molecule has 2 aromatic carbocycles. The molecule has 0 spiro atoms. The van der Waals surface area contributed by atoms with Crippen molar-refractivity contribution in [2.75, 3.05) is 0 Å². The third-order valence-electron chi connectivity index (χ3n) is 4.95. The van der Waals surface area contributed by atoms with Crippen LogP contribution in [0.2, 0.25) is 5.15 Å². The average Bonchev–Trinajstić information content (AvgIpc) is 3.24. The van der Waals surface area contributed by atoms with Gasteiger partial charge in [0, 0.05) is 24.0 Å². The molecule has 1 amide bonds. The highest BCUT2D eigenvalue weighted by Gasteiger charge is 2.21. The van der Waals surface area contributed by atoms with Crippen molar-refractivity contribution in [1.82, 2.24) is 9.88 Å². The zero-order valence-electron chi connectivity index (χ0n) is 16.7. The lowest BCUT2D eigenvalue weighted by Crippen LogP contribution is -2.30. The molecule has 0 saturated heterocycles. The number of aryl methyl sites for hydroxylation is 2. The fourth-order valence-corrected chi connectivity index (χ4v) is 3.75. The standard InChI is InChI=1S/C24H20ClFN2O2/c1-15-10-16(2)22-18(11-15)12-19(23(25)27-22)14-28(24(29)21-4-3-9-30-21)13-17-5-7-20(26)8-6-17/h3-12H,13-14H2,1-2H3. The number of pyridine rings is 1. The molecule has 2 heterocycles. The van der Waals surface area contributed by atoms with Gasteiger partial charge in [0.2, 0.25) is 0 Å². The minimum atomic E-state index is -0.324. The van der Waals surface area contributed by atoms with E-state index in [9.17, 15) is 9.18 Å². The van der Waals surface area contributed by atoms with Crippen LogP contribution < -0.4 is 0 Å². The van der Waals surface area contributed by atoms with Gasteiger partial charge < -0.3 is 9.32 Å². The number of hydrogen-bond acceptors (Lipinski definition) is 3. The molecule has 4 nitrogen and oxygen atoms in total. The monoisotopic (exact) mass is 422 g/mol. The molecule has 2 aromatic heterocycles. The molecule has 0 atom stereocenters. The Kier molecular flexibility index (Phi) is 5.55. The second-order valence-electron chi connectivity index (χ2n) is 7.36. The Morgan fingerprint density at radius 2 is 1.87 bits per heavy atom. The topological polar surface area (TPSA) is 46.3 Å². The third kappa shape index (κ3) is 4.21. The minimum absolute atomic E-state index is 0.230. The van der Waals surface area contributed by atoms with Gasteiger partial charge in [-0.15, -0.1) is 0 Å². The predicted octanol–water partition coefficient (Wildman–Crippen LogP) is 6.08. The van der Waals surface area contributed by atoms with Crippen LogP contribution in [0.3, 0.4) is 0 Å². The fraction of sp³-hybridized carbons (Fsp3) is 0.167. The first-order valence-electron chi connectivity index (χ1n) is 9.54. The fourth-order valence-electron chi connectivity index (χ4n) is 3.56. The van der Waals surface area contributed by atoms with Crippen molar-refractivity contribution in [2.24, 2.45) is 0 Å². The van der Waals surface area contributed by atoms with E-state index in [1.54, 1.807) is 29.2 Å². The van der Waals surface area contributed by atoms with E-state index in [4.69, 9.17) is 16.0 Å². The van der Waals surface area contributed by atoms with Gasteiger partial charge >= 0.3 is 0 Å². The molecule has 0 saturated carbocycles. The Labute approximate surface area is 178 Å². The smallest absolute Gasteiger partial charge is 0.290 e. The minimum Gasteiger partial charge on any atom is -0.459 e. The maximum atomic E-state index is 13.3. The normalized spacial score (nSPS) is 11.1.